The van der Waals surface area contributed by atoms with Gasteiger partial charge in [0, 0.05) is 49.9 Å². The number of aryl methyl sites for hydroxylation is 1. The molecule has 0 spiro atoms. The van der Waals surface area contributed by atoms with Crippen molar-refractivity contribution in [2.24, 2.45) is 7.05 Å². The number of fused-ring (bicyclic) bond motifs is 1. The Morgan fingerprint density at radius 3 is 2.65 bits per heavy atom. The third-order valence-corrected chi connectivity index (χ3v) is 6.60. The highest BCUT2D eigenvalue weighted by atomic mass is 16.5. The Balaban J connectivity index is 1.40. The van der Waals surface area contributed by atoms with Crippen LogP contribution >= 0.6 is 0 Å². The minimum absolute atomic E-state index is 0.0913. The zero-order valence-electron chi connectivity index (χ0n) is 19.5. The molecule has 0 N–H and O–H groups in total. The molecule has 1 fully saturated rings. The van der Waals surface area contributed by atoms with E-state index < -0.39 is 0 Å². The minimum Gasteiger partial charge on any atom is -0.364 e. The first-order valence-corrected chi connectivity index (χ1v) is 11.4. The van der Waals surface area contributed by atoms with Gasteiger partial charge in [0.25, 0.3) is 5.56 Å². The van der Waals surface area contributed by atoms with Crippen LogP contribution < -0.4 is 10.5 Å². The van der Waals surface area contributed by atoms with Gasteiger partial charge in [0.1, 0.15) is 23.0 Å². The Hall–Kier alpha value is -3.96. The molecular weight excluding hydrogens is 428 g/mol. The van der Waals surface area contributed by atoms with Crippen LogP contribution in [0.15, 0.2) is 63.9 Å². The van der Waals surface area contributed by atoms with Crippen molar-refractivity contribution in [3.8, 4) is 17.3 Å². The fourth-order valence-corrected chi connectivity index (χ4v) is 4.68. The van der Waals surface area contributed by atoms with Gasteiger partial charge in [0.15, 0.2) is 5.76 Å². The largest absolute Gasteiger partial charge is 0.364 e. The van der Waals surface area contributed by atoms with Gasteiger partial charge in [-0.1, -0.05) is 35.5 Å². The second kappa shape index (κ2) is 8.76. The Morgan fingerprint density at radius 2 is 1.88 bits per heavy atom. The van der Waals surface area contributed by atoms with E-state index in [1.165, 1.54) is 0 Å². The van der Waals surface area contributed by atoms with Crippen molar-refractivity contribution in [1.29, 1.82) is 5.26 Å². The van der Waals surface area contributed by atoms with Crippen LogP contribution in [-0.4, -0.2) is 44.8 Å². The predicted octanol–water partition coefficient (Wildman–Crippen LogP) is 3.56. The van der Waals surface area contributed by atoms with Crippen LogP contribution in [0.1, 0.15) is 25.3 Å². The first-order valence-electron chi connectivity index (χ1n) is 11.4. The van der Waals surface area contributed by atoms with Crippen LogP contribution in [0.2, 0.25) is 0 Å². The van der Waals surface area contributed by atoms with Gasteiger partial charge in [-0.15, -0.1) is 0 Å². The average Bonchev–Trinajstić information content (AvgIpc) is 3.32. The van der Waals surface area contributed by atoms with E-state index in [0.29, 0.717) is 17.8 Å². The summed E-state index contributed by atoms with van der Waals surface area (Å²) in [5.74, 6) is 0.825. The number of rotatable bonds is 4. The Morgan fingerprint density at radius 1 is 1.09 bits per heavy atom. The van der Waals surface area contributed by atoms with Gasteiger partial charge in [-0.3, -0.25) is 9.69 Å². The molecule has 2 atom stereocenters. The molecule has 4 aromatic rings. The fourth-order valence-electron chi connectivity index (χ4n) is 4.68. The SMILES string of the molecule is CC1CN(c2cc(=O)n(C)c3ccc(C#N)nc23)[C@@H](C)CN1Cc1cc(-c2ccccc2)no1. The molecule has 1 aliphatic heterocycles. The van der Waals surface area contributed by atoms with E-state index >= 15 is 0 Å². The van der Waals surface area contributed by atoms with E-state index in [9.17, 15) is 10.1 Å². The van der Waals surface area contributed by atoms with Crippen molar-refractivity contribution in [1.82, 2.24) is 19.6 Å². The Kier molecular flexibility index (Phi) is 5.64. The summed E-state index contributed by atoms with van der Waals surface area (Å²) in [6.45, 7) is 6.49. The highest BCUT2D eigenvalue weighted by Gasteiger charge is 2.31. The molecule has 0 bridgehead atoms. The summed E-state index contributed by atoms with van der Waals surface area (Å²) in [6, 6.07) is 19.5. The number of anilines is 1. The van der Waals surface area contributed by atoms with Crippen LogP contribution in [0, 0.1) is 11.3 Å². The average molecular weight is 455 g/mol. The van der Waals surface area contributed by atoms with Crippen LogP contribution in [0.4, 0.5) is 5.69 Å². The maximum absolute atomic E-state index is 12.7. The lowest BCUT2D eigenvalue weighted by atomic mass is 10.1. The molecule has 8 nitrogen and oxygen atoms in total. The lowest BCUT2D eigenvalue weighted by Crippen LogP contribution is -2.56. The zero-order valence-corrected chi connectivity index (χ0v) is 19.5. The maximum Gasteiger partial charge on any atom is 0.252 e. The molecule has 34 heavy (non-hydrogen) atoms. The maximum atomic E-state index is 12.7. The van der Waals surface area contributed by atoms with Crippen molar-refractivity contribution in [3.63, 3.8) is 0 Å². The molecule has 8 heteroatoms. The van der Waals surface area contributed by atoms with E-state index in [-0.39, 0.29) is 17.6 Å². The Labute approximate surface area is 197 Å². The van der Waals surface area contributed by atoms with Gasteiger partial charge in [0.05, 0.1) is 17.7 Å². The summed E-state index contributed by atoms with van der Waals surface area (Å²) in [5.41, 5.74) is 4.29. The van der Waals surface area contributed by atoms with E-state index in [4.69, 9.17) is 4.52 Å². The molecule has 1 aliphatic rings. The number of nitriles is 1. The molecule has 0 amide bonds. The van der Waals surface area contributed by atoms with Crippen molar-refractivity contribution < 1.29 is 4.52 Å². The molecule has 172 valence electrons. The number of pyridine rings is 2. The molecule has 5 rings (SSSR count). The highest BCUT2D eigenvalue weighted by molar-refractivity contribution is 5.89. The number of benzene rings is 1. The summed E-state index contributed by atoms with van der Waals surface area (Å²) < 4.78 is 7.21. The first-order chi connectivity index (χ1) is 16.4. The van der Waals surface area contributed by atoms with Gasteiger partial charge in [-0.2, -0.15) is 5.26 Å². The molecule has 1 aromatic carbocycles. The summed E-state index contributed by atoms with van der Waals surface area (Å²) in [4.78, 5) is 21.8. The van der Waals surface area contributed by atoms with Gasteiger partial charge in [0.2, 0.25) is 0 Å². The number of hydrogen-bond donors (Lipinski definition) is 0. The normalized spacial score (nSPS) is 18.8. The van der Waals surface area contributed by atoms with E-state index in [0.717, 1.165) is 41.3 Å². The molecule has 1 unspecified atom stereocenters. The van der Waals surface area contributed by atoms with E-state index in [1.807, 2.05) is 36.4 Å². The summed E-state index contributed by atoms with van der Waals surface area (Å²) in [5, 5.41) is 13.6. The third kappa shape index (κ3) is 3.95. The van der Waals surface area contributed by atoms with Gasteiger partial charge in [-0.05, 0) is 26.0 Å². The monoisotopic (exact) mass is 454 g/mol. The number of piperazine rings is 1. The third-order valence-electron chi connectivity index (χ3n) is 6.60. The molecule has 0 radical (unpaired) electrons. The number of nitrogens with zero attached hydrogens (tertiary/aromatic N) is 6. The number of aromatic nitrogens is 3. The lowest BCUT2D eigenvalue weighted by Gasteiger charge is -2.45. The van der Waals surface area contributed by atoms with E-state index in [1.54, 1.807) is 29.8 Å². The van der Waals surface area contributed by atoms with Crippen molar-refractivity contribution >= 4 is 16.7 Å². The minimum atomic E-state index is -0.0913. The van der Waals surface area contributed by atoms with Crippen molar-refractivity contribution in [3.05, 3.63) is 76.4 Å². The van der Waals surface area contributed by atoms with Gasteiger partial charge >= 0.3 is 0 Å². The van der Waals surface area contributed by atoms with Crippen molar-refractivity contribution in [2.45, 2.75) is 32.5 Å². The van der Waals surface area contributed by atoms with Crippen LogP contribution in [0.25, 0.3) is 22.3 Å². The van der Waals surface area contributed by atoms with Gasteiger partial charge < -0.3 is 14.0 Å². The van der Waals surface area contributed by atoms with Gasteiger partial charge in [-0.25, -0.2) is 4.98 Å². The molecule has 3 aromatic heterocycles. The number of hydrogen-bond acceptors (Lipinski definition) is 7. The Bertz CT molecular complexity index is 1440. The van der Waals surface area contributed by atoms with Crippen molar-refractivity contribution in [2.75, 3.05) is 18.0 Å². The van der Waals surface area contributed by atoms with Crippen LogP contribution in [0.3, 0.4) is 0 Å². The molecular formula is C26H26N6O2. The molecule has 0 saturated carbocycles. The summed E-state index contributed by atoms with van der Waals surface area (Å²) in [7, 11) is 1.73. The summed E-state index contributed by atoms with van der Waals surface area (Å²) in [6.07, 6.45) is 0. The standard InChI is InChI=1S/C26H26N6O2/c1-17-15-32(24-12-25(33)30(3)23-10-9-20(13-27)28-26(23)24)18(2)14-31(17)16-21-11-22(29-34-21)19-7-5-4-6-8-19/h4-12,17-18H,14-16H2,1-3H3/t17?,18-/m0/s1. The lowest BCUT2D eigenvalue weighted by molar-refractivity contribution is 0.142. The molecule has 0 aliphatic carbocycles. The quantitative estimate of drug-likeness (QED) is 0.466. The second-order valence-corrected chi connectivity index (χ2v) is 8.93. The fraction of sp³-hybridized carbons (Fsp3) is 0.308. The smallest absolute Gasteiger partial charge is 0.252 e. The van der Waals surface area contributed by atoms with Crippen LogP contribution in [-0.2, 0) is 13.6 Å². The topological polar surface area (TPSA) is 91.2 Å². The van der Waals surface area contributed by atoms with Crippen LogP contribution in [0.5, 0.6) is 0 Å². The molecule has 1 saturated heterocycles. The summed E-state index contributed by atoms with van der Waals surface area (Å²) >= 11 is 0. The zero-order chi connectivity index (χ0) is 23.8. The highest BCUT2D eigenvalue weighted by Crippen LogP contribution is 2.29. The first kappa shape index (κ1) is 21.9. The molecule has 4 heterocycles. The predicted molar refractivity (Wildman–Crippen MR) is 130 cm³/mol. The second-order valence-electron chi connectivity index (χ2n) is 8.93. The van der Waals surface area contributed by atoms with E-state index in [2.05, 4.69) is 39.9 Å².